The van der Waals surface area contributed by atoms with Crippen molar-refractivity contribution in [1.29, 1.82) is 0 Å². The van der Waals surface area contributed by atoms with Gasteiger partial charge in [0.1, 0.15) is 0 Å². The zero-order chi connectivity index (χ0) is 14.2. The van der Waals surface area contributed by atoms with E-state index < -0.39 is 0 Å². The van der Waals surface area contributed by atoms with Gasteiger partial charge in [0.25, 0.3) is 5.91 Å². The summed E-state index contributed by atoms with van der Waals surface area (Å²) >= 11 is 5.82. The average molecular weight is 289 g/mol. The maximum absolute atomic E-state index is 11.5. The van der Waals surface area contributed by atoms with Gasteiger partial charge < -0.3 is 0 Å². The molecular weight excluding hydrogens is 276 g/mol. The fourth-order valence-corrected chi connectivity index (χ4v) is 1.64. The summed E-state index contributed by atoms with van der Waals surface area (Å²) < 4.78 is 0. The molecule has 0 aliphatic carbocycles. The van der Waals surface area contributed by atoms with E-state index in [9.17, 15) is 4.79 Å². The number of pyridine rings is 1. The van der Waals surface area contributed by atoms with Crippen LogP contribution in [0.25, 0.3) is 0 Å². The van der Waals surface area contributed by atoms with E-state index in [-0.39, 0.29) is 5.91 Å². The standard InChI is InChI=1S/C14H13ClN4O/c15-12-2-1-3-13(8-12)17-10-14(20)19-18-9-11-4-6-16-7-5-11/h1-8,10,18H,9H2,(H,19,20). The van der Waals surface area contributed by atoms with Gasteiger partial charge in [0.15, 0.2) is 0 Å². The smallest absolute Gasteiger partial charge is 0.276 e. The number of benzene rings is 1. The molecule has 0 radical (unpaired) electrons. The molecular formula is C14H13ClN4O. The van der Waals surface area contributed by atoms with Crippen LogP contribution >= 0.6 is 11.6 Å². The molecule has 2 rings (SSSR count). The lowest BCUT2D eigenvalue weighted by Crippen LogP contribution is -2.37. The number of aromatic nitrogens is 1. The lowest BCUT2D eigenvalue weighted by Gasteiger charge is -2.04. The predicted octanol–water partition coefficient (Wildman–Crippen LogP) is 2.26. The topological polar surface area (TPSA) is 66.4 Å². The lowest BCUT2D eigenvalue weighted by molar-refractivity contribution is -0.115. The quantitative estimate of drug-likeness (QED) is 0.655. The highest BCUT2D eigenvalue weighted by Gasteiger charge is 1.96. The van der Waals surface area contributed by atoms with Gasteiger partial charge in [-0.2, -0.15) is 0 Å². The van der Waals surface area contributed by atoms with Gasteiger partial charge in [-0.25, -0.2) is 5.43 Å². The van der Waals surface area contributed by atoms with E-state index in [0.29, 0.717) is 17.3 Å². The first-order valence-corrected chi connectivity index (χ1v) is 6.33. The molecule has 1 aromatic heterocycles. The molecule has 0 saturated heterocycles. The molecule has 0 spiro atoms. The Morgan fingerprint density at radius 3 is 2.85 bits per heavy atom. The number of hydrogen-bond donors (Lipinski definition) is 2. The summed E-state index contributed by atoms with van der Waals surface area (Å²) in [7, 11) is 0. The van der Waals surface area contributed by atoms with Gasteiger partial charge in [0, 0.05) is 24.0 Å². The molecule has 0 bridgehead atoms. The Balaban J connectivity index is 1.78. The second kappa shape index (κ2) is 7.37. The van der Waals surface area contributed by atoms with Gasteiger partial charge in [-0.15, -0.1) is 0 Å². The zero-order valence-corrected chi connectivity index (χ0v) is 11.3. The number of nitrogens with zero attached hydrogens (tertiary/aromatic N) is 2. The molecule has 2 aromatic rings. The summed E-state index contributed by atoms with van der Waals surface area (Å²) in [4.78, 5) is 19.5. The molecule has 0 saturated carbocycles. The molecule has 0 aliphatic rings. The van der Waals surface area contributed by atoms with Crippen molar-refractivity contribution >= 4 is 29.4 Å². The van der Waals surface area contributed by atoms with Crippen molar-refractivity contribution in [2.24, 2.45) is 4.99 Å². The Bertz CT molecular complexity index is 601. The highest BCUT2D eigenvalue weighted by molar-refractivity contribution is 6.31. The molecule has 1 aromatic carbocycles. The highest BCUT2D eigenvalue weighted by atomic mass is 35.5. The maximum atomic E-state index is 11.5. The fraction of sp³-hybridized carbons (Fsp3) is 0.0714. The predicted molar refractivity (Wildman–Crippen MR) is 78.8 cm³/mol. The summed E-state index contributed by atoms with van der Waals surface area (Å²) in [6, 6.07) is 10.7. The first kappa shape index (κ1) is 14.2. The number of rotatable bonds is 5. The summed E-state index contributed by atoms with van der Waals surface area (Å²) in [5.74, 6) is -0.334. The summed E-state index contributed by atoms with van der Waals surface area (Å²) in [5.41, 5.74) is 6.98. The number of nitrogens with one attached hydrogen (secondary N) is 2. The molecule has 5 nitrogen and oxygen atoms in total. The molecule has 0 fully saturated rings. The van der Waals surface area contributed by atoms with Crippen molar-refractivity contribution in [3.63, 3.8) is 0 Å². The van der Waals surface area contributed by atoms with Crippen molar-refractivity contribution in [3.8, 4) is 0 Å². The summed E-state index contributed by atoms with van der Waals surface area (Å²) in [6.45, 7) is 0.513. The van der Waals surface area contributed by atoms with E-state index in [2.05, 4.69) is 20.8 Å². The van der Waals surface area contributed by atoms with Crippen molar-refractivity contribution in [2.45, 2.75) is 6.54 Å². The van der Waals surface area contributed by atoms with Gasteiger partial charge in [-0.3, -0.25) is 20.2 Å². The van der Waals surface area contributed by atoms with Crippen LogP contribution in [-0.4, -0.2) is 17.1 Å². The normalized spacial score (nSPS) is 10.7. The molecule has 2 N–H and O–H groups in total. The number of halogens is 1. The molecule has 102 valence electrons. The molecule has 1 amide bonds. The Hall–Kier alpha value is -2.24. The lowest BCUT2D eigenvalue weighted by atomic mass is 10.3. The largest absolute Gasteiger partial charge is 0.286 e. The second-order valence-electron chi connectivity index (χ2n) is 3.94. The Kier molecular flexibility index (Phi) is 5.23. The monoisotopic (exact) mass is 288 g/mol. The zero-order valence-electron chi connectivity index (χ0n) is 10.6. The van der Waals surface area contributed by atoms with E-state index in [1.54, 1.807) is 36.7 Å². The highest BCUT2D eigenvalue weighted by Crippen LogP contribution is 2.16. The van der Waals surface area contributed by atoms with Crippen molar-refractivity contribution in [3.05, 3.63) is 59.4 Å². The first-order valence-electron chi connectivity index (χ1n) is 5.95. The Morgan fingerprint density at radius 1 is 1.30 bits per heavy atom. The maximum Gasteiger partial charge on any atom is 0.276 e. The van der Waals surface area contributed by atoms with Crippen molar-refractivity contribution in [2.75, 3.05) is 0 Å². The third kappa shape index (κ3) is 4.79. The van der Waals surface area contributed by atoms with E-state index in [1.807, 2.05) is 12.1 Å². The molecule has 0 aliphatic heterocycles. The number of carbonyl (C=O) groups is 1. The number of hydrazine groups is 1. The molecule has 6 heteroatoms. The molecule has 20 heavy (non-hydrogen) atoms. The van der Waals surface area contributed by atoms with E-state index in [0.717, 1.165) is 5.56 Å². The van der Waals surface area contributed by atoms with Gasteiger partial charge in [-0.1, -0.05) is 17.7 Å². The van der Waals surface area contributed by atoms with Crippen LogP contribution in [0, 0.1) is 0 Å². The number of hydrogen-bond acceptors (Lipinski definition) is 4. The van der Waals surface area contributed by atoms with Gasteiger partial charge >= 0.3 is 0 Å². The van der Waals surface area contributed by atoms with Crippen molar-refractivity contribution in [1.82, 2.24) is 15.8 Å². The number of carbonyl (C=O) groups excluding carboxylic acids is 1. The Labute approximate surface area is 121 Å². The number of amides is 1. The van der Waals surface area contributed by atoms with Crippen LogP contribution in [0.15, 0.2) is 53.8 Å². The molecule has 1 heterocycles. The summed E-state index contributed by atoms with van der Waals surface area (Å²) in [5, 5.41) is 0.580. The SMILES string of the molecule is O=C(C=Nc1cccc(Cl)c1)NNCc1ccncc1. The number of aliphatic imine (C=N–C) groups is 1. The second-order valence-corrected chi connectivity index (χ2v) is 4.37. The van der Waals surface area contributed by atoms with Crippen LogP contribution in [0.3, 0.4) is 0 Å². The first-order chi connectivity index (χ1) is 9.74. The molecule has 0 atom stereocenters. The van der Waals surface area contributed by atoms with Gasteiger partial charge in [0.05, 0.1) is 11.9 Å². The third-order valence-electron chi connectivity index (χ3n) is 2.39. The molecule has 0 unspecified atom stereocenters. The van der Waals surface area contributed by atoms with Crippen LogP contribution in [0.1, 0.15) is 5.56 Å². The minimum atomic E-state index is -0.334. The van der Waals surface area contributed by atoms with Crippen LogP contribution < -0.4 is 10.9 Å². The summed E-state index contributed by atoms with van der Waals surface area (Å²) in [6.07, 6.45) is 4.59. The van der Waals surface area contributed by atoms with Crippen LogP contribution in [0.2, 0.25) is 5.02 Å². The van der Waals surface area contributed by atoms with Crippen LogP contribution in [0.5, 0.6) is 0 Å². The van der Waals surface area contributed by atoms with Crippen LogP contribution in [0.4, 0.5) is 5.69 Å². The van der Waals surface area contributed by atoms with E-state index in [1.165, 1.54) is 6.21 Å². The van der Waals surface area contributed by atoms with E-state index >= 15 is 0 Å². The third-order valence-corrected chi connectivity index (χ3v) is 2.63. The van der Waals surface area contributed by atoms with E-state index in [4.69, 9.17) is 11.6 Å². The van der Waals surface area contributed by atoms with Gasteiger partial charge in [-0.05, 0) is 35.9 Å². The Morgan fingerprint density at radius 2 is 2.10 bits per heavy atom. The van der Waals surface area contributed by atoms with Crippen LogP contribution in [-0.2, 0) is 11.3 Å². The van der Waals surface area contributed by atoms with Gasteiger partial charge in [0.2, 0.25) is 0 Å². The minimum absolute atomic E-state index is 0.334. The van der Waals surface area contributed by atoms with Crippen molar-refractivity contribution < 1.29 is 4.79 Å². The fourth-order valence-electron chi connectivity index (χ4n) is 1.46. The average Bonchev–Trinajstić information content (AvgIpc) is 2.46. The minimum Gasteiger partial charge on any atom is -0.286 e.